The lowest BCUT2D eigenvalue weighted by Gasteiger charge is -2.36. The van der Waals surface area contributed by atoms with Gasteiger partial charge in [0.15, 0.2) is 0 Å². The first kappa shape index (κ1) is 19.5. The minimum atomic E-state index is -1.83. The van der Waals surface area contributed by atoms with E-state index in [2.05, 4.69) is 50.4 Å². The van der Waals surface area contributed by atoms with Gasteiger partial charge < -0.3 is 8.98 Å². The predicted octanol–water partition coefficient (Wildman–Crippen LogP) is 5.27. The van der Waals surface area contributed by atoms with Crippen LogP contribution < -0.4 is 4.43 Å². The van der Waals surface area contributed by atoms with Crippen LogP contribution in [0.4, 0.5) is 0 Å². The van der Waals surface area contributed by atoms with E-state index in [4.69, 9.17) is 4.43 Å². The van der Waals surface area contributed by atoms with Gasteiger partial charge in [0.25, 0.3) is 0 Å². The third-order valence-corrected chi connectivity index (χ3v) is 10.7. The molecule has 0 aliphatic heterocycles. The fourth-order valence-corrected chi connectivity index (χ4v) is 3.98. The van der Waals surface area contributed by atoms with Gasteiger partial charge in [0, 0.05) is 5.56 Å². The lowest BCUT2D eigenvalue weighted by Crippen LogP contribution is -2.43. The van der Waals surface area contributed by atoms with Crippen LogP contribution in [0, 0.1) is 0 Å². The standard InChI is InChI=1S/C19H31NO2SSi/c1-18(2,3)23(21)20-17-12-9-14-13-15(10-11-16(14)17)22-24(7,8)19(4,5)6/h10-11,13H,9,12H2,1-8H3/b20-17+. The number of hydrogen-bond donors (Lipinski definition) is 0. The van der Waals surface area contributed by atoms with E-state index >= 15 is 0 Å². The van der Waals surface area contributed by atoms with Crippen LogP contribution in [0.25, 0.3) is 0 Å². The Labute approximate surface area is 151 Å². The van der Waals surface area contributed by atoms with Gasteiger partial charge in [0.1, 0.15) is 21.9 Å². The lowest BCUT2D eigenvalue weighted by molar-refractivity contribution is 0.492. The maximum atomic E-state index is 12.3. The van der Waals surface area contributed by atoms with E-state index in [1.54, 1.807) is 0 Å². The van der Waals surface area contributed by atoms with Gasteiger partial charge in [-0.05, 0) is 75.5 Å². The molecule has 0 saturated heterocycles. The Bertz CT molecular complexity index is 642. The molecule has 1 aromatic rings. The molecule has 0 N–H and O–H groups in total. The molecule has 24 heavy (non-hydrogen) atoms. The molecule has 0 bridgehead atoms. The Kier molecular flexibility index (Phi) is 5.29. The smallest absolute Gasteiger partial charge is 0.250 e. The number of hydrogen-bond acceptors (Lipinski definition) is 3. The summed E-state index contributed by atoms with van der Waals surface area (Å²) >= 11 is -1.20. The molecule has 5 heteroatoms. The van der Waals surface area contributed by atoms with Crippen LogP contribution >= 0.6 is 0 Å². The van der Waals surface area contributed by atoms with Crippen molar-refractivity contribution in [2.45, 2.75) is 77.3 Å². The van der Waals surface area contributed by atoms with Crippen molar-refractivity contribution in [1.29, 1.82) is 0 Å². The minimum absolute atomic E-state index is 0.183. The van der Waals surface area contributed by atoms with Crippen molar-refractivity contribution in [3.63, 3.8) is 0 Å². The molecule has 1 atom stereocenters. The van der Waals surface area contributed by atoms with Gasteiger partial charge >= 0.3 is 0 Å². The number of nitrogens with zero attached hydrogens (tertiary/aromatic N) is 1. The molecule has 0 fully saturated rings. The Morgan fingerprint density at radius 3 is 2.25 bits per heavy atom. The summed E-state index contributed by atoms with van der Waals surface area (Å²) in [6.07, 6.45) is 1.81. The van der Waals surface area contributed by atoms with E-state index in [0.29, 0.717) is 0 Å². The average Bonchev–Trinajstić information content (AvgIpc) is 2.78. The third kappa shape index (κ3) is 4.24. The summed E-state index contributed by atoms with van der Waals surface area (Å²) in [6.45, 7) is 17.1. The van der Waals surface area contributed by atoms with Crippen molar-refractivity contribution in [1.82, 2.24) is 0 Å². The van der Waals surface area contributed by atoms with Crippen molar-refractivity contribution in [2.75, 3.05) is 0 Å². The monoisotopic (exact) mass is 365 g/mol. The zero-order valence-electron chi connectivity index (χ0n) is 16.3. The Balaban J connectivity index is 2.24. The minimum Gasteiger partial charge on any atom is -0.591 e. The second-order valence-corrected chi connectivity index (χ2v) is 15.7. The van der Waals surface area contributed by atoms with E-state index in [0.717, 1.165) is 29.9 Å². The molecule has 0 spiro atoms. The van der Waals surface area contributed by atoms with Crippen molar-refractivity contribution in [2.24, 2.45) is 4.40 Å². The lowest BCUT2D eigenvalue weighted by atomic mass is 10.1. The summed E-state index contributed by atoms with van der Waals surface area (Å²) in [5.74, 6) is 0.957. The van der Waals surface area contributed by atoms with Crippen LogP contribution in [-0.2, 0) is 17.8 Å². The molecule has 1 unspecified atom stereocenters. The summed E-state index contributed by atoms with van der Waals surface area (Å²) in [6, 6.07) is 6.28. The first-order chi connectivity index (χ1) is 10.8. The van der Waals surface area contributed by atoms with E-state index in [1.165, 1.54) is 5.56 Å². The molecule has 0 amide bonds. The molecule has 2 rings (SSSR count). The Morgan fingerprint density at radius 1 is 1.08 bits per heavy atom. The highest BCUT2D eigenvalue weighted by Gasteiger charge is 2.39. The third-order valence-electron chi connectivity index (χ3n) is 4.91. The fraction of sp³-hybridized carbons (Fsp3) is 0.632. The maximum absolute atomic E-state index is 12.3. The molecular formula is C19H31NO2SSi. The van der Waals surface area contributed by atoms with Crippen LogP contribution in [0.1, 0.15) is 59.1 Å². The highest BCUT2D eigenvalue weighted by Crippen LogP contribution is 2.38. The zero-order valence-corrected chi connectivity index (χ0v) is 18.1. The molecule has 3 nitrogen and oxygen atoms in total. The molecule has 1 aromatic carbocycles. The summed E-state index contributed by atoms with van der Waals surface area (Å²) in [5, 5.41) is 0.183. The van der Waals surface area contributed by atoms with E-state index in [1.807, 2.05) is 26.8 Å². The van der Waals surface area contributed by atoms with Crippen molar-refractivity contribution >= 4 is 25.4 Å². The second kappa shape index (κ2) is 6.50. The van der Waals surface area contributed by atoms with Gasteiger partial charge in [-0.2, -0.15) is 0 Å². The molecule has 0 aromatic heterocycles. The quantitative estimate of drug-likeness (QED) is 0.541. The Morgan fingerprint density at radius 2 is 1.71 bits per heavy atom. The van der Waals surface area contributed by atoms with Gasteiger partial charge in [-0.15, -0.1) is 0 Å². The zero-order chi connectivity index (χ0) is 18.3. The maximum Gasteiger partial charge on any atom is 0.250 e. The number of aryl methyl sites for hydroxylation is 1. The van der Waals surface area contributed by atoms with Crippen LogP contribution in [0.2, 0.25) is 18.1 Å². The van der Waals surface area contributed by atoms with E-state index in [9.17, 15) is 4.55 Å². The molecular weight excluding hydrogens is 334 g/mol. The molecule has 134 valence electrons. The van der Waals surface area contributed by atoms with Gasteiger partial charge in [-0.1, -0.05) is 25.2 Å². The Hall–Kier alpha value is -0.783. The molecule has 1 aliphatic carbocycles. The SMILES string of the molecule is CC(C)(C)[S+]([O-])/N=C1\CCc2cc(O[Si](C)(C)C(C)(C)C)ccc21. The fourth-order valence-electron chi connectivity index (χ4n) is 2.29. The topological polar surface area (TPSA) is 44.7 Å². The molecule has 0 heterocycles. The van der Waals surface area contributed by atoms with Crippen molar-refractivity contribution in [3.05, 3.63) is 29.3 Å². The van der Waals surface area contributed by atoms with Crippen LogP contribution in [0.15, 0.2) is 22.6 Å². The highest BCUT2D eigenvalue weighted by atomic mass is 32.2. The van der Waals surface area contributed by atoms with Gasteiger partial charge in [-0.3, -0.25) is 0 Å². The van der Waals surface area contributed by atoms with E-state index < -0.39 is 19.7 Å². The summed E-state index contributed by atoms with van der Waals surface area (Å²) < 4.78 is 22.9. The first-order valence-electron chi connectivity index (χ1n) is 8.63. The van der Waals surface area contributed by atoms with Gasteiger partial charge in [-0.25, -0.2) is 0 Å². The largest absolute Gasteiger partial charge is 0.591 e. The predicted molar refractivity (Wildman–Crippen MR) is 107 cm³/mol. The van der Waals surface area contributed by atoms with Gasteiger partial charge in [0.2, 0.25) is 8.32 Å². The van der Waals surface area contributed by atoms with Crippen LogP contribution in [0.5, 0.6) is 5.75 Å². The van der Waals surface area contributed by atoms with Crippen LogP contribution in [0.3, 0.4) is 0 Å². The summed E-state index contributed by atoms with van der Waals surface area (Å²) in [4.78, 5) is 0. The number of fused-ring (bicyclic) bond motifs is 1. The average molecular weight is 366 g/mol. The molecule has 1 aliphatic rings. The number of benzene rings is 1. The summed E-state index contributed by atoms with van der Waals surface area (Å²) in [7, 11) is -1.83. The first-order valence-corrected chi connectivity index (χ1v) is 12.6. The summed E-state index contributed by atoms with van der Waals surface area (Å²) in [5.41, 5.74) is 3.36. The molecule has 0 saturated carbocycles. The van der Waals surface area contributed by atoms with E-state index in [-0.39, 0.29) is 9.79 Å². The normalized spacial score (nSPS) is 18.6. The van der Waals surface area contributed by atoms with Crippen molar-refractivity contribution < 1.29 is 8.98 Å². The molecule has 0 radical (unpaired) electrons. The van der Waals surface area contributed by atoms with Gasteiger partial charge in [0.05, 0.1) is 5.71 Å². The van der Waals surface area contributed by atoms with Crippen LogP contribution in [-0.4, -0.2) is 23.3 Å². The second-order valence-electron chi connectivity index (χ2n) is 9.08. The van der Waals surface area contributed by atoms with Crippen molar-refractivity contribution in [3.8, 4) is 5.75 Å². The highest BCUT2D eigenvalue weighted by molar-refractivity contribution is 7.91. The number of rotatable bonds is 3.